The Kier molecular flexibility index (Phi) is 10.7. The van der Waals surface area contributed by atoms with Crippen LogP contribution in [0.4, 0.5) is 26.3 Å². The van der Waals surface area contributed by atoms with E-state index < -0.39 is 46.9 Å². The SMILES string of the molecule is CN(C(=O)c1cc(C(F)(F)F)cc(C(F)(F)F)c1)N(CCC(=O)N[C@@H]1CCCCNC1=O)Cc1cc(Br)c(Br)s1. The van der Waals surface area contributed by atoms with Crippen molar-refractivity contribution in [3.8, 4) is 0 Å². The smallest absolute Gasteiger partial charge is 0.354 e. The standard InChI is InChI=1S/C24H24Br2F6N4O3S/c1-35(22(39)13-8-14(23(27,28)29)10-15(9-13)24(30,31)32)36(12-16-11-17(25)20(26)40-16)7-5-19(37)34-18-4-2-3-6-33-21(18)38/h8-11,18H,2-7,12H2,1H3,(H,33,38)(H,34,37)/t18-/m1/s1. The quantitative estimate of drug-likeness (QED) is 0.260. The van der Waals surface area contributed by atoms with Gasteiger partial charge in [0.05, 0.1) is 21.5 Å². The monoisotopic (exact) mass is 720 g/mol. The lowest BCUT2D eigenvalue weighted by atomic mass is 10.0. The van der Waals surface area contributed by atoms with Crippen LogP contribution in [0.2, 0.25) is 0 Å². The van der Waals surface area contributed by atoms with Gasteiger partial charge in [-0.3, -0.25) is 19.4 Å². The van der Waals surface area contributed by atoms with Crippen LogP contribution in [0.15, 0.2) is 32.5 Å². The van der Waals surface area contributed by atoms with Crippen LogP contribution in [0.1, 0.15) is 52.0 Å². The Bertz CT molecular complexity index is 1200. The zero-order valence-corrected chi connectivity index (χ0v) is 24.9. The Morgan fingerprint density at radius 1 is 1.05 bits per heavy atom. The lowest BCUT2D eigenvalue weighted by Gasteiger charge is -2.32. The van der Waals surface area contributed by atoms with Gasteiger partial charge in [0.15, 0.2) is 0 Å². The average Bonchev–Trinajstić information content (AvgIpc) is 3.05. The molecule has 2 heterocycles. The normalized spacial score (nSPS) is 16.4. The van der Waals surface area contributed by atoms with Crippen molar-refractivity contribution in [2.45, 2.75) is 50.6 Å². The molecule has 1 fully saturated rings. The minimum absolute atomic E-state index is 0.0133. The van der Waals surface area contributed by atoms with E-state index in [9.17, 15) is 40.7 Å². The van der Waals surface area contributed by atoms with Crippen LogP contribution in [0, 0.1) is 0 Å². The van der Waals surface area contributed by atoms with Gasteiger partial charge in [-0.25, -0.2) is 5.01 Å². The van der Waals surface area contributed by atoms with Crippen molar-refractivity contribution < 1.29 is 40.7 Å². The summed E-state index contributed by atoms with van der Waals surface area (Å²) in [7, 11) is 1.20. The molecule has 1 atom stereocenters. The number of thiophene rings is 1. The second-order valence-corrected chi connectivity index (χ2v) is 12.3. The molecule has 16 heteroatoms. The molecule has 1 aliphatic rings. The van der Waals surface area contributed by atoms with Crippen molar-refractivity contribution in [2.24, 2.45) is 0 Å². The minimum Gasteiger partial charge on any atom is -0.354 e. The summed E-state index contributed by atoms with van der Waals surface area (Å²) in [5.74, 6) is -1.94. The third-order valence-electron chi connectivity index (χ3n) is 6.05. The molecule has 3 amide bonds. The molecule has 1 saturated heterocycles. The Labute approximate surface area is 246 Å². The molecule has 0 saturated carbocycles. The van der Waals surface area contributed by atoms with Gasteiger partial charge in [0.1, 0.15) is 6.04 Å². The van der Waals surface area contributed by atoms with Crippen molar-refractivity contribution >= 4 is 60.9 Å². The van der Waals surface area contributed by atoms with E-state index in [0.29, 0.717) is 34.4 Å². The summed E-state index contributed by atoms with van der Waals surface area (Å²) in [4.78, 5) is 38.7. The molecule has 1 aliphatic heterocycles. The predicted molar refractivity (Wildman–Crippen MR) is 142 cm³/mol. The fourth-order valence-electron chi connectivity index (χ4n) is 3.95. The number of alkyl halides is 6. The van der Waals surface area contributed by atoms with Crippen molar-refractivity contribution in [1.29, 1.82) is 0 Å². The molecule has 0 unspecified atom stereocenters. The van der Waals surface area contributed by atoms with Crippen LogP contribution in [0.25, 0.3) is 0 Å². The molecular weight excluding hydrogens is 698 g/mol. The number of benzene rings is 1. The van der Waals surface area contributed by atoms with Crippen molar-refractivity contribution in [3.63, 3.8) is 0 Å². The maximum atomic E-state index is 13.4. The van der Waals surface area contributed by atoms with E-state index in [2.05, 4.69) is 42.5 Å². The van der Waals surface area contributed by atoms with Crippen molar-refractivity contribution in [1.82, 2.24) is 20.7 Å². The van der Waals surface area contributed by atoms with Gasteiger partial charge >= 0.3 is 12.4 Å². The predicted octanol–water partition coefficient (Wildman–Crippen LogP) is 5.97. The summed E-state index contributed by atoms with van der Waals surface area (Å²) < 4.78 is 81.6. The van der Waals surface area contributed by atoms with E-state index in [1.807, 2.05) is 0 Å². The van der Waals surface area contributed by atoms with Gasteiger partial charge in [0.25, 0.3) is 5.91 Å². The van der Waals surface area contributed by atoms with Gasteiger partial charge in [-0.1, -0.05) is 0 Å². The lowest BCUT2D eigenvalue weighted by Crippen LogP contribution is -2.48. The molecule has 1 aromatic heterocycles. The highest BCUT2D eigenvalue weighted by molar-refractivity contribution is 9.13. The molecule has 0 spiro atoms. The van der Waals surface area contributed by atoms with Crippen molar-refractivity contribution in [3.05, 3.63) is 54.1 Å². The van der Waals surface area contributed by atoms with Gasteiger partial charge in [-0.05, 0) is 75.4 Å². The third kappa shape index (κ3) is 8.66. The van der Waals surface area contributed by atoms with Gasteiger partial charge < -0.3 is 10.6 Å². The van der Waals surface area contributed by atoms with Crippen LogP contribution in [0.3, 0.4) is 0 Å². The summed E-state index contributed by atoms with van der Waals surface area (Å²) in [6.45, 7) is 0.392. The number of halogens is 8. The first-order valence-electron chi connectivity index (χ1n) is 11.9. The molecule has 0 bridgehead atoms. The fourth-order valence-corrected chi connectivity index (χ4v) is 6.14. The summed E-state index contributed by atoms with van der Waals surface area (Å²) >= 11 is 7.97. The number of carbonyl (C=O) groups is 3. The highest BCUT2D eigenvalue weighted by atomic mass is 79.9. The van der Waals surface area contributed by atoms with E-state index in [-0.39, 0.29) is 31.5 Å². The number of hydrazine groups is 1. The average molecular weight is 722 g/mol. The van der Waals surface area contributed by atoms with Gasteiger partial charge in [0, 0.05) is 41.5 Å². The lowest BCUT2D eigenvalue weighted by molar-refractivity contribution is -0.143. The number of amides is 3. The first kappa shape index (κ1) is 32.3. The Morgan fingerprint density at radius 3 is 2.23 bits per heavy atom. The summed E-state index contributed by atoms with van der Waals surface area (Å²) in [6.07, 6.45) is -8.49. The summed E-state index contributed by atoms with van der Waals surface area (Å²) in [6, 6.07) is 1.67. The molecular formula is C24H24Br2F6N4O3S. The van der Waals surface area contributed by atoms with E-state index in [1.54, 1.807) is 6.07 Å². The number of carbonyl (C=O) groups excluding carboxylic acids is 3. The van der Waals surface area contributed by atoms with E-state index in [4.69, 9.17) is 0 Å². The number of nitrogens with zero attached hydrogens (tertiary/aromatic N) is 2. The van der Waals surface area contributed by atoms with Crippen LogP contribution >= 0.6 is 43.2 Å². The summed E-state index contributed by atoms with van der Waals surface area (Å²) in [5, 5.41) is 7.58. The third-order valence-corrected chi connectivity index (χ3v) is 9.30. The van der Waals surface area contributed by atoms with E-state index >= 15 is 0 Å². The molecule has 7 nitrogen and oxygen atoms in total. The number of rotatable bonds is 8. The molecule has 2 aromatic rings. The molecule has 40 heavy (non-hydrogen) atoms. The topological polar surface area (TPSA) is 81.8 Å². The first-order chi connectivity index (χ1) is 18.6. The second-order valence-electron chi connectivity index (χ2n) is 9.00. The van der Waals surface area contributed by atoms with Crippen LogP contribution in [-0.4, -0.2) is 53.9 Å². The molecule has 2 N–H and O–H groups in total. The van der Waals surface area contributed by atoms with Gasteiger partial charge in [0.2, 0.25) is 11.8 Å². The van der Waals surface area contributed by atoms with Crippen molar-refractivity contribution in [2.75, 3.05) is 20.1 Å². The van der Waals surface area contributed by atoms with Gasteiger partial charge in [-0.15, -0.1) is 11.3 Å². The summed E-state index contributed by atoms with van der Waals surface area (Å²) in [5.41, 5.74) is -4.04. The van der Waals surface area contributed by atoms with Crippen LogP contribution < -0.4 is 10.6 Å². The fraction of sp³-hybridized carbons (Fsp3) is 0.458. The molecule has 1 aromatic carbocycles. The zero-order valence-electron chi connectivity index (χ0n) is 20.9. The highest BCUT2D eigenvalue weighted by Gasteiger charge is 2.38. The zero-order chi connectivity index (χ0) is 29.8. The maximum Gasteiger partial charge on any atom is 0.416 e. The largest absolute Gasteiger partial charge is 0.416 e. The Morgan fingerprint density at radius 2 is 1.68 bits per heavy atom. The van der Waals surface area contributed by atoms with E-state index in [0.717, 1.165) is 21.6 Å². The number of nitrogens with one attached hydrogen (secondary N) is 2. The first-order valence-corrected chi connectivity index (χ1v) is 14.3. The number of hydrogen-bond donors (Lipinski definition) is 2. The molecule has 0 radical (unpaired) electrons. The molecule has 0 aliphatic carbocycles. The minimum atomic E-state index is -5.12. The maximum absolute atomic E-state index is 13.4. The van der Waals surface area contributed by atoms with Gasteiger partial charge in [-0.2, -0.15) is 26.3 Å². The Hall–Kier alpha value is -2.17. The van der Waals surface area contributed by atoms with Crippen LogP contribution in [-0.2, 0) is 28.5 Å². The van der Waals surface area contributed by atoms with E-state index in [1.165, 1.54) is 23.4 Å². The molecule has 220 valence electrons. The number of hydrogen-bond acceptors (Lipinski definition) is 5. The highest BCUT2D eigenvalue weighted by Crippen LogP contribution is 2.37. The van der Waals surface area contributed by atoms with Crippen LogP contribution in [0.5, 0.6) is 0 Å². The molecule has 3 rings (SSSR count). The Balaban J connectivity index is 1.85. The second kappa shape index (κ2) is 13.2.